The molecular formula is C16H18N2O6. The van der Waals surface area contributed by atoms with E-state index in [0.717, 1.165) is 0 Å². The summed E-state index contributed by atoms with van der Waals surface area (Å²) >= 11 is 0. The van der Waals surface area contributed by atoms with Crippen LogP contribution in [-0.2, 0) is 19.1 Å². The monoisotopic (exact) mass is 334 g/mol. The van der Waals surface area contributed by atoms with Gasteiger partial charge in [0.05, 0.1) is 31.2 Å². The van der Waals surface area contributed by atoms with Crippen LogP contribution < -0.4 is 10.1 Å². The number of nitrogens with zero attached hydrogens (tertiary/aromatic N) is 1. The Morgan fingerprint density at radius 3 is 2.88 bits per heavy atom. The van der Waals surface area contributed by atoms with Gasteiger partial charge in [0.2, 0.25) is 5.91 Å². The molecule has 0 aliphatic carbocycles. The molecule has 8 nitrogen and oxygen atoms in total. The summed E-state index contributed by atoms with van der Waals surface area (Å²) in [5.74, 6) is -1.06. The Morgan fingerprint density at radius 1 is 1.29 bits per heavy atom. The molecule has 2 amide bonds. The Labute approximate surface area is 138 Å². The summed E-state index contributed by atoms with van der Waals surface area (Å²) in [6, 6.07) is 7.02. The fraction of sp³-hybridized carbons (Fsp3) is 0.438. The molecule has 0 spiro atoms. The van der Waals surface area contributed by atoms with Gasteiger partial charge in [-0.3, -0.25) is 14.4 Å². The van der Waals surface area contributed by atoms with E-state index < -0.39 is 18.2 Å². The van der Waals surface area contributed by atoms with Crippen LogP contribution in [0.1, 0.15) is 12.8 Å². The summed E-state index contributed by atoms with van der Waals surface area (Å²) in [6.45, 7) is 0.861. The second-order valence-electron chi connectivity index (χ2n) is 5.73. The number of carboxylic acid groups (broad SMARTS) is 1. The molecule has 1 fully saturated rings. The molecule has 2 atom stereocenters. The molecule has 1 aromatic rings. The lowest BCUT2D eigenvalue weighted by atomic mass is 10.1. The summed E-state index contributed by atoms with van der Waals surface area (Å²) in [6.07, 6.45) is -1.67. The Balaban J connectivity index is 1.60. The van der Waals surface area contributed by atoms with Crippen molar-refractivity contribution in [2.75, 3.05) is 25.0 Å². The molecule has 8 heteroatoms. The van der Waals surface area contributed by atoms with E-state index in [4.69, 9.17) is 14.6 Å². The highest BCUT2D eigenvalue weighted by Crippen LogP contribution is 2.29. The minimum absolute atomic E-state index is 0.0973. The molecule has 0 saturated carbocycles. The van der Waals surface area contributed by atoms with Crippen molar-refractivity contribution in [1.29, 1.82) is 0 Å². The van der Waals surface area contributed by atoms with Crippen LogP contribution in [0.25, 0.3) is 0 Å². The summed E-state index contributed by atoms with van der Waals surface area (Å²) in [7, 11) is 0. The second kappa shape index (κ2) is 6.88. The average Bonchev–Trinajstić information content (AvgIpc) is 2.55. The van der Waals surface area contributed by atoms with Gasteiger partial charge in [-0.15, -0.1) is 0 Å². The number of aliphatic carboxylic acids is 1. The lowest BCUT2D eigenvalue weighted by Gasteiger charge is -2.33. The van der Waals surface area contributed by atoms with Crippen LogP contribution in [0.3, 0.4) is 0 Å². The zero-order valence-corrected chi connectivity index (χ0v) is 12.9. The fourth-order valence-electron chi connectivity index (χ4n) is 2.78. The topological polar surface area (TPSA) is 105 Å². The third-order valence-electron chi connectivity index (χ3n) is 3.96. The maximum absolute atomic E-state index is 12.4. The first-order chi connectivity index (χ1) is 11.5. The van der Waals surface area contributed by atoms with Gasteiger partial charge < -0.3 is 24.8 Å². The third-order valence-corrected chi connectivity index (χ3v) is 3.96. The zero-order chi connectivity index (χ0) is 17.1. The molecule has 2 unspecified atom stereocenters. The lowest BCUT2D eigenvalue weighted by Crippen LogP contribution is -2.49. The first-order valence-electron chi connectivity index (χ1n) is 7.70. The molecule has 2 aliphatic rings. The maximum Gasteiger partial charge on any atom is 0.306 e. The number of carbonyl (C=O) groups is 3. The summed E-state index contributed by atoms with van der Waals surface area (Å²) in [4.78, 5) is 36.8. The number of hydrogen-bond donors (Lipinski definition) is 2. The van der Waals surface area contributed by atoms with Gasteiger partial charge in [-0.1, -0.05) is 12.1 Å². The van der Waals surface area contributed by atoms with Crippen LogP contribution in [0.2, 0.25) is 0 Å². The van der Waals surface area contributed by atoms with E-state index in [0.29, 0.717) is 18.0 Å². The number of fused-ring (bicyclic) bond motifs is 1. The molecule has 2 aliphatic heterocycles. The number of para-hydroxylation sites is 2. The highest BCUT2D eigenvalue weighted by Gasteiger charge is 2.33. The largest absolute Gasteiger partial charge is 0.481 e. The maximum atomic E-state index is 12.4. The number of nitrogens with one attached hydrogen (secondary N) is 1. The van der Waals surface area contributed by atoms with E-state index in [-0.39, 0.29) is 37.8 Å². The second-order valence-corrected chi connectivity index (χ2v) is 5.73. The van der Waals surface area contributed by atoms with E-state index in [1.54, 1.807) is 24.3 Å². The number of rotatable bonds is 4. The number of ether oxygens (including phenoxy) is 2. The van der Waals surface area contributed by atoms with Crippen molar-refractivity contribution in [3.05, 3.63) is 24.3 Å². The highest BCUT2D eigenvalue weighted by atomic mass is 16.5. The number of hydrogen-bond acceptors (Lipinski definition) is 5. The summed E-state index contributed by atoms with van der Waals surface area (Å²) in [5, 5.41) is 11.5. The van der Waals surface area contributed by atoms with Crippen molar-refractivity contribution in [3.8, 4) is 5.75 Å². The van der Waals surface area contributed by atoms with Gasteiger partial charge in [0, 0.05) is 13.1 Å². The fourth-order valence-corrected chi connectivity index (χ4v) is 2.78. The Hall–Kier alpha value is -2.61. The summed E-state index contributed by atoms with van der Waals surface area (Å²) < 4.78 is 11.0. The average molecular weight is 334 g/mol. The number of carboxylic acids is 1. The van der Waals surface area contributed by atoms with Crippen LogP contribution in [0.5, 0.6) is 5.75 Å². The molecule has 1 aromatic carbocycles. The van der Waals surface area contributed by atoms with Crippen molar-refractivity contribution in [1.82, 2.24) is 4.90 Å². The minimum Gasteiger partial charge on any atom is -0.481 e. The predicted molar refractivity (Wildman–Crippen MR) is 82.7 cm³/mol. The molecular weight excluding hydrogens is 316 g/mol. The number of amides is 2. The summed E-state index contributed by atoms with van der Waals surface area (Å²) in [5.41, 5.74) is 0.582. The van der Waals surface area contributed by atoms with Gasteiger partial charge in [0.25, 0.3) is 5.91 Å². The molecule has 24 heavy (non-hydrogen) atoms. The normalized spacial score (nSPS) is 23.0. The molecule has 2 N–H and O–H groups in total. The van der Waals surface area contributed by atoms with E-state index in [9.17, 15) is 14.4 Å². The molecule has 3 rings (SSSR count). The SMILES string of the molecule is O=C(O)CC1CN(C(=O)CC2Oc3ccccc3NC2=O)CCO1. The molecule has 1 saturated heterocycles. The Kier molecular flexibility index (Phi) is 4.66. The van der Waals surface area contributed by atoms with Gasteiger partial charge >= 0.3 is 5.97 Å². The van der Waals surface area contributed by atoms with Crippen molar-refractivity contribution in [2.24, 2.45) is 0 Å². The number of benzene rings is 1. The van der Waals surface area contributed by atoms with Crippen molar-refractivity contribution in [3.63, 3.8) is 0 Å². The smallest absolute Gasteiger partial charge is 0.306 e. The van der Waals surface area contributed by atoms with Gasteiger partial charge in [-0.2, -0.15) is 0 Å². The minimum atomic E-state index is -0.971. The van der Waals surface area contributed by atoms with E-state index in [1.165, 1.54) is 4.90 Å². The molecule has 128 valence electrons. The van der Waals surface area contributed by atoms with Crippen molar-refractivity contribution >= 4 is 23.5 Å². The first kappa shape index (κ1) is 16.3. The number of anilines is 1. The third kappa shape index (κ3) is 3.65. The Bertz CT molecular complexity index is 662. The van der Waals surface area contributed by atoms with E-state index >= 15 is 0 Å². The predicted octanol–water partition coefficient (Wildman–Crippen LogP) is 0.478. The Morgan fingerprint density at radius 2 is 2.08 bits per heavy atom. The van der Waals surface area contributed by atoms with Crippen molar-refractivity contribution in [2.45, 2.75) is 25.0 Å². The van der Waals surface area contributed by atoms with Crippen LogP contribution in [-0.4, -0.2) is 59.7 Å². The molecule has 0 radical (unpaired) electrons. The zero-order valence-electron chi connectivity index (χ0n) is 12.9. The molecule has 0 aromatic heterocycles. The quantitative estimate of drug-likeness (QED) is 0.830. The highest BCUT2D eigenvalue weighted by molar-refractivity contribution is 5.99. The van der Waals surface area contributed by atoms with E-state index in [1.807, 2.05) is 0 Å². The van der Waals surface area contributed by atoms with Gasteiger partial charge in [0.15, 0.2) is 6.10 Å². The van der Waals surface area contributed by atoms with Crippen LogP contribution in [0.4, 0.5) is 5.69 Å². The number of carbonyl (C=O) groups excluding carboxylic acids is 2. The van der Waals surface area contributed by atoms with E-state index in [2.05, 4.69) is 5.32 Å². The lowest BCUT2D eigenvalue weighted by molar-refractivity contribution is -0.149. The number of morpholine rings is 1. The van der Waals surface area contributed by atoms with Crippen molar-refractivity contribution < 1.29 is 29.0 Å². The standard InChI is InChI=1S/C16H18N2O6/c19-14(18-5-6-23-10(9-18)7-15(20)21)8-13-16(22)17-11-3-1-2-4-12(11)24-13/h1-4,10,13H,5-9H2,(H,17,22)(H,20,21). The van der Waals surface area contributed by atoms with Gasteiger partial charge in [-0.05, 0) is 12.1 Å². The molecule has 0 bridgehead atoms. The van der Waals surface area contributed by atoms with Crippen LogP contribution in [0, 0.1) is 0 Å². The molecule has 2 heterocycles. The first-order valence-corrected chi connectivity index (χ1v) is 7.70. The van der Waals surface area contributed by atoms with Gasteiger partial charge in [-0.25, -0.2) is 0 Å². The van der Waals surface area contributed by atoms with Crippen LogP contribution >= 0.6 is 0 Å². The van der Waals surface area contributed by atoms with Gasteiger partial charge in [0.1, 0.15) is 5.75 Å². The van der Waals surface area contributed by atoms with Crippen LogP contribution in [0.15, 0.2) is 24.3 Å².